The Labute approximate surface area is 101 Å². The van der Waals surface area contributed by atoms with E-state index in [0.29, 0.717) is 5.69 Å². The third-order valence-electron chi connectivity index (χ3n) is 1.91. The molecule has 0 unspecified atom stereocenters. The maximum Gasteiger partial charge on any atom is 0.329 e. The van der Waals surface area contributed by atoms with E-state index in [0.717, 1.165) is 6.20 Å². The van der Waals surface area contributed by atoms with Gasteiger partial charge in [-0.3, -0.25) is 10.1 Å². The van der Waals surface area contributed by atoms with Gasteiger partial charge in [0.25, 0.3) is 0 Å². The van der Waals surface area contributed by atoms with Crippen LogP contribution in [0.1, 0.15) is 0 Å². The highest BCUT2D eigenvalue weighted by Gasteiger charge is 2.16. The number of halogens is 1. The Hall–Kier alpha value is -2.21. The molecule has 0 amide bonds. The molecule has 2 aromatic rings. The molecule has 6 nitrogen and oxygen atoms in total. The summed E-state index contributed by atoms with van der Waals surface area (Å²) in [5, 5.41) is 13.5. The molecule has 0 spiro atoms. The second-order valence-electron chi connectivity index (χ2n) is 3.05. The van der Waals surface area contributed by atoms with Crippen LogP contribution in [-0.2, 0) is 0 Å². The van der Waals surface area contributed by atoms with Gasteiger partial charge in [-0.15, -0.1) is 0 Å². The van der Waals surface area contributed by atoms with E-state index in [1.54, 1.807) is 24.3 Å². The summed E-state index contributed by atoms with van der Waals surface area (Å²) in [7, 11) is 0. The van der Waals surface area contributed by atoms with Crippen LogP contribution in [0.4, 0.5) is 17.2 Å². The summed E-state index contributed by atoms with van der Waals surface area (Å²) in [5.41, 5.74) is 0.392. The largest absolute Gasteiger partial charge is 0.334 e. The molecule has 0 fully saturated rings. The van der Waals surface area contributed by atoms with Crippen molar-refractivity contribution in [1.82, 2.24) is 9.97 Å². The number of hydrogen-bond donors (Lipinski definition) is 1. The molecule has 7 heteroatoms. The Balaban J connectivity index is 2.37. The fourth-order valence-electron chi connectivity index (χ4n) is 1.19. The molecule has 1 heterocycles. The first-order valence-electron chi connectivity index (χ1n) is 4.57. The predicted octanol–water partition coefficient (Wildman–Crippen LogP) is 2.58. The molecule has 2 rings (SSSR count). The number of aromatic nitrogens is 2. The van der Waals surface area contributed by atoms with Gasteiger partial charge in [-0.1, -0.05) is 12.1 Å². The van der Waals surface area contributed by atoms with Crippen LogP contribution in [0.25, 0.3) is 0 Å². The van der Waals surface area contributed by atoms with Crippen LogP contribution in [0.15, 0.2) is 30.5 Å². The minimum atomic E-state index is -0.578. The van der Waals surface area contributed by atoms with E-state index in [4.69, 9.17) is 11.6 Å². The van der Waals surface area contributed by atoms with Crippen LogP contribution in [-0.4, -0.2) is 14.9 Å². The van der Waals surface area contributed by atoms with Gasteiger partial charge < -0.3 is 5.32 Å². The smallest absolute Gasteiger partial charge is 0.329 e. The van der Waals surface area contributed by atoms with Crippen LogP contribution in [0.5, 0.6) is 0 Å². The molecule has 1 aromatic heterocycles. The quantitative estimate of drug-likeness (QED) is 0.514. The monoisotopic (exact) mass is 249 g/mol. The van der Waals surface area contributed by atoms with Gasteiger partial charge >= 0.3 is 5.69 Å². The molecule has 1 aromatic carbocycles. The van der Waals surface area contributed by atoms with Gasteiger partial charge in [-0.2, -0.15) is 4.98 Å². The highest BCUT2D eigenvalue weighted by molar-refractivity contribution is 6.28. The average Bonchev–Trinajstić information content (AvgIpc) is 2.30. The van der Waals surface area contributed by atoms with Crippen molar-refractivity contribution < 1.29 is 4.92 Å². The topological polar surface area (TPSA) is 81.0 Å². The molecule has 0 bridgehead atoms. The van der Waals surface area contributed by atoms with Crippen LogP contribution in [0.3, 0.4) is 0 Å². The summed E-state index contributed by atoms with van der Waals surface area (Å²) in [6.45, 7) is 0. The molecule has 1 radical (unpaired) electrons. The molecule has 0 atom stereocenters. The molecular formula is C10H6ClN4O2. The van der Waals surface area contributed by atoms with Crippen molar-refractivity contribution in [2.24, 2.45) is 0 Å². The first kappa shape index (κ1) is 11.3. The SMILES string of the molecule is O=[N+]([O-])c1cnc(Cl)nc1Nc1c[c]ccc1. The highest BCUT2D eigenvalue weighted by atomic mass is 35.5. The van der Waals surface area contributed by atoms with E-state index in [9.17, 15) is 10.1 Å². The summed E-state index contributed by atoms with van der Waals surface area (Å²) >= 11 is 5.60. The lowest BCUT2D eigenvalue weighted by molar-refractivity contribution is -0.384. The summed E-state index contributed by atoms with van der Waals surface area (Å²) in [6, 6.07) is 9.67. The lowest BCUT2D eigenvalue weighted by Crippen LogP contribution is -2.01. The van der Waals surface area contributed by atoms with Gasteiger partial charge in [0, 0.05) is 5.69 Å². The highest BCUT2D eigenvalue weighted by Crippen LogP contribution is 2.25. The maximum absolute atomic E-state index is 10.8. The zero-order valence-corrected chi connectivity index (χ0v) is 9.18. The van der Waals surface area contributed by atoms with Gasteiger partial charge in [0.2, 0.25) is 11.1 Å². The number of nitro groups is 1. The summed E-state index contributed by atoms with van der Waals surface area (Å²) in [5.74, 6) is 0.0506. The number of nitrogens with zero attached hydrogens (tertiary/aromatic N) is 3. The third-order valence-corrected chi connectivity index (χ3v) is 2.09. The summed E-state index contributed by atoms with van der Waals surface area (Å²) in [4.78, 5) is 17.5. The Morgan fingerprint density at radius 1 is 1.53 bits per heavy atom. The minimum Gasteiger partial charge on any atom is -0.334 e. The lowest BCUT2D eigenvalue weighted by atomic mass is 10.3. The Morgan fingerprint density at radius 2 is 2.35 bits per heavy atom. The molecule has 0 aliphatic heterocycles. The first-order chi connectivity index (χ1) is 8.16. The van der Waals surface area contributed by atoms with Crippen LogP contribution in [0.2, 0.25) is 5.28 Å². The van der Waals surface area contributed by atoms with E-state index >= 15 is 0 Å². The van der Waals surface area contributed by atoms with Crippen molar-refractivity contribution in [3.05, 3.63) is 51.9 Å². The van der Waals surface area contributed by atoms with Crippen molar-refractivity contribution in [3.63, 3.8) is 0 Å². The van der Waals surface area contributed by atoms with Crippen molar-refractivity contribution in [2.75, 3.05) is 5.32 Å². The predicted molar refractivity (Wildman–Crippen MR) is 62.3 cm³/mol. The van der Waals surface area contributed by atoms with Crippen molar-refractivity contribution in [3.8, 4) is 0 Å². The standard InChI is InChI=1S/C10H6ClN4O2/c11-10-12-6-8(15(16)17)9(14-10)13-7-4-2-1-3-5-7/h1-2,4-6H,(H,12,13,14). The van der Waals surface area contributed by atoms with E-state index in [-0.39, 0.29) is 16.8 Å². The van der Waals surface area contributed by atoms with Crippen molar-refractivity contribution in [2.45, 2.75) is 0 Å². The molecule has 0 aliphatic rings. The molecule has 0 saturated carbocycles. The van der Waals surface area contributed by atoms with Gasteiger partial charge in [0.1, 0.15) is 6.20 Å². The number of hydrogen-bond acceptors (Lipinski definition) is 5. The molecular weight excluding hydrogens is 244 g/mol. The fourth-order valence-corrected chi connectivity index (χ4v) is 1.32. The van der Waals surface area contributed by atoms with Gasteiger partial charge in [-0.25, -0.2) is 4.98 Å². The molecule has 17 heavy (non-hydrogen) atoms. The van der Waals surface area contributed by atoms with Crippen LogP contribution >= 0.6 is 11.6 Å². The van der Waals surface area contributed by atoms with E-state index in [1.165, 1.54) is 0 Å². The molecule has 0 saturated heterocycles. The number of anilines is 2. The normalized spacial score (nSPS) is 9.94. The number of rotatable bonds is 3. The lowest BCUT2D eigenvalue weighted by Gasteiger charge is -2.05. The Bertz CT molecular complexity index is 547. The minimum absolute atomic E-state index is 0.0506. The average molecular weight is 250 g/mol. The molecule has 1 N–H and O–H groups in total. The Morgan fingerprint density at radius 3 is 3.00 bits per heavy atom. The summed E-state index contributed by atoms with van der Waals surface area (Å²) < 4.78 is 0. The zero-order chi connectivity index (χ0) is 12.3. The van der Waals surface area contributed by atoms with E-state index in [2.05, 4.69) is 21.4 Å². The van der Waals surface area contributed by atoms with Crippen LogP contribution < -0.4 is 5.32 Å². The second kappa shape index (κ2) is 4.75. The van der Waals surface area contributed by atoms with Gasteiger partial charge in [0.05, 0.1) is 4.92 Å². The van der Waals surface area contributed by atoms with E-state index in [1.807, 2.05) is 0 Å². The van der Waals surface area contributed by atoms with Gasteiger partial charge in [-0.05, 0) is 29.8 Å². The van der Waals surface area contributed by atoms with Crippen LogP contribution in [0, 0.1) is 16.2 Å². The molecule has 85 valence electrons. The third kappa shape index (κ3) is 2.67. The Kier molecular flexibility index (Phi) is 3.15. The van der Waals surface area contributed by atoms with E-state index < -0.39 is 4.92 Å². The number of nitrogens with one attached hydrogen (secondary N) is 1. The van der Waals surface area contributed by atoms with Gasteiger partial charge in [0.15, 0.2) is 0 Å². The number of benzene rings is 1. The zero-order valence-electron chi connectivity index (χ0n) is 8.42. The first-order valence-corrected chi connectivity index (χ1v) is 4.94. The molecule has 0 aliphatic carbocycles. The fraction of sp³-hybridized carbons (Fsp3) is 0. The summed E-state index contributed by atoms with van der Waals surface area (Å²) in [6.07, 6.45) is 1.06. The second-order valence-corrected chi connectivity index (χ2v) is 3.39. The maximum atomic E-state index is 10.8. The van der Waals surface area contributed by atoms with Crippen molar-refractivity contribution in [1.29, 1.82) is 0 Å². The van der Waals surface area contributed by atoms with Crippen molar-refractivity contribution >= 4 is 28.8 Å².